The van der Waals surface area contributed by atoms with E-state index in [1.54, 1.807) is 12.4 Å². The average molecular weight is 215 g/mol. The van der Waals surface area contributed by atoms with E-state index in [1.807, 2.05) is 12.1 Å². The highest BCUT2D eigenvalue weighted by Gasteiger charge is 2.09. The van der Waals surface area contributed by atoms with Crippen LogP contribution in [0.1, 0.15) is 37.7 Å². The molecule has 1 aromatic rings. The molecule has 0 aromatic carbocycles. The Kier molecular flexibility index (Phi) is 3.86. The Balaban J connectivity index is 1.87. The first-order chi connectivity index (χ1) is 7.84. The fraction of sp³-hybridized carbons (Fsp3) is 0.429. The number of allylic oxidation sites excluding steroid dienone is 2. The number of carbonyl (C=O) groups excluding carboxylic acids is 1. The van der Waals surface area contributed by atoms with Gasteiger partial charge in [-0.2, -0.15) is 0 Å². The molecule has 0 bridgehead atoms. The van der Waals surface area contributed by atoms with Crippen molar-refractivity contribution in [3.63, 3.8) is 0 Å². The van der Waals surface area contributed by atoms with Gasteiger partial charge in [-0.3, -0.25) is 9.78 Å². The van der Waals surface area contributed by atoms with Gasteiger partial charge in [0.15, 0.2) is 0 Å². The number of hydrogen-bond acceptors (Lipinski definition) is 2. The zero-order chi connectivity index (χ0) is 11.2. The molecule has 0 fully saturated rings. The molecule has 1 aromatic heterocycles. The van der Waals surface area contributed by atoms with Crippen LogP contribution < -0.4 is 0 Å². The van der Waals surface area contributed by atoms with Crippen LogP contribution in [0.4, 0.5) is 0 Å². The number of pyridine rings is 1. The molecule has 0 saturated heterocycles. The van der Waals surface area contributed by atoms with E-state index in [4.69, 9.17) is 0 Å². The van der Waals surface area contributed by atoms with Gasteiger partial charge in [0.25, 0.3) is 0 Å². The van der Waals surface area contributed by atoms with Crippen molar-refractivity contribution in [2.75, 3.05) is 0 Å². The van der Waals surface area contributed by atoms with Gasteiger partial charge in [-0.25, -0.2) is 0 Å². The van der Waals surface area contributed by atoms with Crippen molar-refractivity contribution in [2.24, 2.45) is 0 Å². The number of ketones is 1. The number of Topliss-reactive ketones (excluding diaryl/α,β-unsaturated/α-hetero) is 1. The van der Waals surface area contributed by atoms with Crippen LogP contribution in [0.5, 0.6) is 0 Å². The number of carbonyl (C=O) groups is 1. The zero-order valence-electron chi connectivity index (χ0n) is 9.48. The van der Waals surface area contributed by atoms with E-state index in [-0.39, 0.29) is 0 Å². The highest BCUT2D eigenvalue weighted by Crippen LogP contribution is 2.20. The first kappa shape index (κ1) is 11.1. The lowest BCUT2D eigenvalue weighted by Gasteiger charge is -2.11. The second kappa shape index (κ2) is 5.59. The largest absolute Gasteiger partial charge is 0.299 e. The van der Waals surface area contributed by atoms with E-state index in [0.29, 0.717) is 18.6 Å². The summed E-state index contributed by atoms with van der Waals surface area (Å²) in [5.41, 5.74) is 2.35. The molecule has 2 nitrogen and oxygen atoms in total. The predicted molar refractivity (Wildman–Crippen MR) is 64.1 cm³/mol. The van der Waals surface area contributed by atoms with E-state index in [1.165, 1.54) is 18.4 Å². The third kappa shape index (κ3) is 3.30. The Labute approximate surface area is 96.4 Å². The maximum absolute atomic E-state index is 11.8. The van der Waals surface area contributed by atoms with Crippen molar-refractivity contribution in [1.82, 2.24) is 4.98 Å². The molecule has 1 aliphatic rings. The van der Waals surface area contributed by atoms with Crippen molar-refractivity contribution in [3.05, 3.63) is 41.7 Å². The van der Waals surface area contributed by atoms with Gasteiger partial charge < -0.3 is 0 Å². The predicted octanol–water partition coefficient (Wildman–Crippen LogP) is 3.08. The lowest BCUT2D eigenvalue weighted by atomic mass is 9.94. The van der Waals surface area contributed by atoms with Crippen LogP contribution in [0.3, 0.4) is 0 Å². The number of rotatable bonds is 4. The molecule has 0 radical (unpaired) electrons. The Morgan fingerprint density at radius 1 is 1.31 bits per heavy atom. The maximum atomic E-state index is 11.8. The molecule has 0 spiro atoms. The van der Waals surface area contributed by atoms with Crippen LogP contribution in [-0.2, 0) is 11.2 Å². The molecule has 84 valence electrons. The Morgan fingerprint density at radius 3 is 2.94 bits per heavy atom. The van der Waals surface area contributed by atoms with Gasteiger partial charge in [-0.1, -0.05) is 17.7 Å². The molecular weight excluding hydrogens is 198 g/mol. The summed E-state index contributed by atoms with van der Waals surface area (Å²) in [6, 6.07) is 3.84. The van der Waals surface area contributed by atoms with Crippen molar-refractivity contribution in [2.45, 2.75) is 38.5 Å². The minimum atomic E-state index is 0.307. The summed E-state index contributed by atoms with van der Waals surface area (Å²) in [4.78, 5) is 15.8. The molecule has 1 aliphatic carbocycles. The quantitative estimate of drug-likeness (QED) is 0.722. The molecule has 0 aliphatic heterocycles. The van der Waals surface area contributed by atoms with Gasteiger partial charge in [0.05, 0.1) is 0 Å². The lowest BCUT2D eigenvalue weighted by Crippen LogP contribution is -2.05. The van der Waals surface area contributed by atoms with Gasteiger partial charge in [0.2, 0.25) is 0 Å². The summed E-state index contributed by atoms with van der Waals surface area (Å²) in [6.45, 7) is 0. The third-order valence-electron chi connectivity index (χ3n) is 2.93. The summed E-state index contributed by atoms with van der Waals surface area (Å²) in [5, 5.41) is 0. The second-order valence-corrected chi connectivity index (χ2v) is 4.36. The Bertz CT molecular complexity index is 381. The van der Waals surface area contributed by atoms with Crippen LogP contribution in [-0.4, -0.2) is 10.8 Å². The fourth-order valence-corrected chi connectivity index (χ4v) is 2.11. The van der Waals surface area contributed by atoms with Crippen LogP contribution >= 0.6 is 0 Å². The van der Waals surface area contributed by atoms with E-state index in [2.05, 4.69) is 11.1 Å². The topological polar surface area (TPSA) is 30.0 Å². The molecule has 1 heterocycles. The molecule has 16 heavy (non-hydrogen) atoms. The lowest BCUT2D eigenvalue weighted by molar-refractivity contribution is -0.117. The molecule has 0 saturated carbocycles. The molecule has 0 N–H and O–H groups in total. The molecular formula is C14H17NO. The number of hydrogen-bond donors (Lipinski definition) is 0. The molecule has 2 heteroatoms. The molecule has 0 atom stereocenters. The number of nitrogens with zero attached hydrogens (tertiary/aromatic N) is 1. The molecule has 2 rings (SSSR count). The van der Waals surface area contributed by atoms with Crippen molar-refractivity contribution < 1.29 is 4.79 Å². The fourth-order valence-electron chi connectivity index (χ4n) is 2.11. The van der Waals surface area contributed by atoms with Gasteiger partial charge in [-0.05, 0) is 37.3 Å². The molecule has 0 unspecified atom stereocenters. The normalized spacial score (nSPS) is 15.6. The van der Waals surface area contributed by atoms with Crippen molar-refractivity contribution >= 4 is 5.78 Å². The van der Waals surface area contributed by atoms with Crippen LogP contribution in [0.25, 0.3) is 0 Å². The van der Waals surface area contributed by atoms with Gasteiger partial charge in [0, 0.05) is 25.2 Å². The minimum absolute atomic E-state index is 0.307. The van der Waals surface area contributed by atoms with Crippen LogP contribution in [0.2, 0.25) is 0 Å². The highest BCUT2D eigenvalue weighted by atomic mass is 16.1. The zero-order valence-corrected chi connectivity index (χ0v) is 9.48. The average Bonchev–Trinajstić information content (AvgIpc) is 2.31. The van der Waals surface area contributed by atoms with E-state index >= 15 is 0 Å². The summed E-state index contributed by atoms with van der Waals surface area (Å²) in [7, 11) is 0. The highest BCUT2D eigenvalue weighted by molar-refractivity contribution is 5.83. The Hall–Kier alpha value is -1.44. The maximum Gasteiger partial charge on any atom is 0.141 e. The third-order valence-corrected chi connectivity index (χ3v) is 2.93. The summed E-state index contributed by atoms with van der Waals surface area (Å²) in [5.74, 6) is 0.307. The van der Waals surface area contributed by atoms with E-state index in [9.17, 15) is 4.79 Å². The smallest absolute Gasteiger partial charge is 0.141 e. The van der Waals surface area contributed by atoms with Gasteiger partial charge in [-0.15, -0.1) is 0 Å². The SMILES string of the molecule is O=C(CC1=CCCCC1)Cc1cccnc1. The van der Waals surface area contributed by atoms with Crippen molar-refractivity contribution in [3.8, 4) is 0 Å². The monoisotopic (exact) mass is 215 g/mol. The van der Waals surface area contributed by atoms with E-state index in [0.717, 1.165) is 18.4 Å². The standard InChI is InChI=1S/C14H17NO/c16-14(9-12-5-2-1-3-6-12)10-13-7-4-8-15-11-13/h4-5,7-8,11H,1-3,6,9-10H2. The summed E-state index contributed by atoms with van der Waals surface area (Å²) >= 11 is 0. The summed E-state index contributed by atoms with van der Waals surface area (Å²) < 4.78 is 0. The first-order valence-corrected chi connectivity index (χ1v) is 5.93. The minimum Gasteiger partial charge on any atom is -0.299 e. The second-order valence-electron chi connectivity index (χ2n) is 4.36. The van der Waals surface area contributed by atoms with Crippen molar-refractivity contribution in [1.29, 1.82) is 0 Å². The van der Waals surface area contributed by atoms with Crippen LogP contribution in [0, 0.1) is 0 Å². The van der Waals surface area contributed by atoms with Gasteiger partial charge in [0.1, 0.15) is 5.78 Å². The summed E-state index contributed by atoms with van der Waals surface area (Å²) in [6.07, 6.45) is 11.7. The van der Waals surface area contributed by atoms with Gasteiger partial charge >= 0.3 is 0 Å². The number of aromatic nitrogens is 1. The first-order valence-electron chi connectivity index (χ1n) is 5.93. The molecule has 0 amide bonds. The Morgan fingerprint density at radius 2 is 2.25 bits per heavy atom. The van der Waals surface area contributed by atoms with Crippen LogP contribution in [0.15, 0.2) is 36.2 Å². The van der Waals surface area contributed by atoms with E-state index < -0.39 is 0 Å².